The molecule has 142 valence electrons. The number of ether oxygens (including phenoxy) is 1. The number of nitrogens with zero attached hydrogens (tertiary/aromatic N) is 1. The van der Waals surface area contributed by atoms with E-state index in [1.54, 1.807) is 0 Å². The van der Waals surface area contributed by atoms with E-state index in [2.05, 4.69) is 0 Å². The molecule has 0 aromatic carbocycles. The van der Waals surface area contributed by atoms with Gasteiger partial charge in [-0.3, -0.25) is 4.79 Å². The van der Waals surface area contributed by atoms with E-state index in [1.807, 2.05) is 25.7 Å². The molecule has 4 atom stereocenters. The Kier molecular flexibility index (Phi) is 5.04. The zero-order valence-electron chi connectivity index (χ0n) is 15.9. The van der Waals surface area contributed by atoms with Crippen molar-refractivity contribution < 1.29 is 19.4 Å². The molecular weight excluding hydrogens is 318 g/mol. The first-order valence-electron chi connectivity index (χ1n) is 9.91. The molecule has 3 saturated carbocycles. The van der Waals surface area contributed by atoms with E-state index in [1.165, 1.54) is 25.7 Å². The van der Waals surface area contributed by atoms with Crippen LogP contribution in [0.4, 0.5) is 4.79 Å². The lowest BCUT2D eigenvalue weighted by Crippen LogP contribution is -2.56. The number of hydrogen-bond acceptors (Lipinski definition) is 3. The molecule has 1 amide bonds. The van der Waals surface area contributed by atoms with Crippen molar-refractivity contribution in [1.82, 2.24) is 4.90 Å². The molecule has 0 aliphatic heterocycles. The van der Waals surface area contributed by atoms with E-state index >= 15 is 0 Å². The molecule has 1 N–H and O–H groups in total. The first kappa shape index (κ1) is 18.5. The molecule has 3 bridgehead atoms. The van der Waals surface area contributed by atoms with Gasteiger partial charge in [-0.15, -0.1) is 0 Å². The molecule has 4 unspecified atom stereocenters. The molecular formula is C20H33NO4. The first-order valence-corrected chi connectivity index (χ1v) is 9.91. The van der Waals surface area contributed by atoms with E-state index in [-0.39, 0.29) is 18.1 Å². The van der Waals surface area contributed by atoms with Gasteiger partial charge in [-0.1, -0.05) is 12.8 Å². The molecule has 3 aliphatic carbocycles. The topological polar surface area (TPSA) is 66.8 Å². The van der Waals surface area contributed by atoms with Crippen LogP contribution in [0.5, 0.6) is 0 Å². The highest BCUT2D eigenvalue weighted by Crippen LogP contribution is 2.57. The molecule has 3 rings (SSSR count). The molecule has 3 aliphatic rings. The van der Waals surface area contributed by atoms with Crippen LogP contribution in [-0.2, 0) is 9.53 Å². The normalized spacial score (nSPS) is 33.8. The van der Waals surface area contributed by atoms with Gasteiger partial charge in [-0.25, -0.2) is 4.79 Å². The highest BCUT2D eigenvalue weighted by Gasteiger charge is 2.53. The lowest BCUT2D eigenvalue weighted by atomic mass is 9.72. The van der Waals surface area contributed by atoms with Crippen LogP contribution in [0, 0.1) is 17.8 Å². The van der Waals surface area contributed by atoms with Crippen molar-refractivity contribution in [2.75, 3.05) is 6.54 Å². The fourth-order valence-corrected chi connectivity index (χ4v) is 5.70. The monoisotopic (exact) mass is 351 g/mol. The first-order chi connectivity index (χ1) is 11.7. The Bertz CT molecular complexity index is 526. The smallest absolute Gasteiger partial charge is 0.410 e. The van der Waals surface area contributed by atoms with Gasteiger partial charge in [0.15, 0.2) is 0 Å². The van der Waals surface area contributed by atoms with Gasteiger partial charge in [-0.05, 0) is 77.0 Å². The summed E-state index contributed by atoms with van der Waals surface area (Å²) in [6, 6.07) is 0. The lowest BCUT2D eigenvalue weighted by Gasteiger charge is -2.48. The molecule has 5 nitrogen and oxygen atoms in total. The second-order valence-corrected chi connectivity index (χ2v) is 9.51. The fraction of sp³-hybridized carbons (Fsp3) is 0.900. The zero-order valence-corrected chi connectivity index (χ0v) is 15.9. The Balaban J connectivity index is 1.81. The molecule has 0 spiro atoms. The summed E-state index contributed by atoms with van der Waals surface area (Å²) < 4.78 is 5.73. The van der Waals surface area contributed by atoms with Gasteiger partial charge in [-0.2, -0.15) is 0 Å². The van der Waals surface area contributed by atoms with Gasteiger partial charge in [0.2, 0.25) is 0 Å². The van der Waals surface area contributed by atoms with Crippen LogP contribution in [0.25, 0.3) is 0 Å². The summed E-state index contributed by atoms with van der Waals surface area (Å²) in [5.74, 6) is 1.51. The van der Waals surface area contributed by atoms with Gasteiger partial charge in [0.25, 0.3) is 0 Å². The molecule has 0 aromatic heterocycles. The number of carbonyl (C=O) groups is 2. The van der Waals surface area contributed by atoms with Crippen LogP contribution in [0.3, 0.4) is 0 Å². The van der Waals surface area contributed by atoms with Gasteiger partial charge in [0.05, 0.1) is 0 Å². The Labute approximate surface area is 151 Å². The third-order valence-corrected chi connectivity index (χ3v) is 6.43. The summed E-state index contributed by atoms with van der Waals surface area (Å²) >= 11 is 0. The summed E-state index contributed by atoms with van der Waals surface area (Å²) in [4.78, 5) is 25.9. The summed E-state index contributed by atoms with van der Waals surface area (Å²) in [6.45, 7) is 6.17. The average molecular weight is 351 g/mol. The van der Waals surface area contributed by atoms with Gasteiger partial charge in [0, 0.05) is 18.5 Å². The minimum atomic E-state index is -0.800. The van der Waals surface area contributed by atoms with Crippen LogP contribution in [0.2, 0.25) is 0 Å². The van der Waals surface area contributed by atoms with Crippen LogP contribution < -0.4 is 0 Å². The summed E-state index contributed by atoms with van der Waals surface area (Å²) in [5, 5.41) is 9.00. The van der Waals surface area contributed by atoms with Crippen molar-refractivity contribution in [3.63, 3.8) is 0 Å². The maximum Gasteiger partial charge on any atom is 0.410 e. The fourth-order valence-electron chi connectivity index (χ4n) is 5.70. The largest absolute Gasteiger partial charge is 0.481 e. The van der Waals surface area contributed by atoms with E-state index in [9.17, 15) is 9.59 Å². The van der Waals surface area contributed by atoms with Crippen LogP contribution >= 0.6 is 0 Å². The Morgan fingerprint density at radius 3 is 2.60 bits per heavy atom. The number of hydrogen-bond donors (Lipinski definition) is 1. The maximum absolute atomic E-state index is 13.0. The molecule has 0 heterocycles. The Morgan fingerprint density at radius 2 is 1.92 bits per heavy atom. The number of carboxylic acids is 1. The molecule has 0 radical (unpaired) electrons. The van der Waals surface area contributed by atoms with Crippen LogP contribution in [0.1, 0.15) is 78.6 Å². The number of carbonyl (C=O) groups excluding carboxylic acids is 1. The van der Waals surface area contributed by atoms with Crippen LogP contribution in [0.15, 0.2) is 0 Å². The van der Waals surface area contributed by atoms with Crippen LogP contribution in [-0.4, -0.2) is 39.8 Å². The number of aliphatic carboxylic acids is 1. The predicted octanol–water partition coefficient (Wildman–Crippen LogP) is 4.45. The average Bonchev–Trinajstić information content (AvgIpc) is 2.68. The highest BCUT2D eigenvalue weighted by molar-refractivity contribution is 5.70. The SMILES string of the molecule is CC(C)(C)OC(=O)N(CCCC(=O)O)C12CCCC3CC(CC3C1)C2. The summed E-state index contributed by atoms with van der Waals surface area (Å²) in [5.41, 5.74) is -0.640. The molecule has 5 heteroatoms. The van der Waals surface area contributed by atoms with Crippen molar-refractivity contribution in [1.29, 1.82) is 0 Å². The zero-order chi connectivity index (χ0) is 18.2. The van der Waals surface area contributed by atoms with E-state index in [4.69, 9.17) is 9.84 Å². The van der Waals surface area contributed by atoms with Crippen molar-refractivity contribution in [2.45, 2.75) is 89.7 Å². The second-order valence-electron chi connectivity index (χ2n) is 9.51. The molecule has 25 heavy (non-hydrogen) atoms. The lowest BCUT2D eigenvalue weighted by molar-refractivity contribution is -0.137. The minimum Gasteiger partial charge on any atom is -0.481 e. The van der Waals surface area contributed by atoms with Crippen molar-refractivity contribution in [3.8, 4) is 0 Å². The third-order valence-electron chi connectivity index (χ3n) is 6.43. The number of rotatable bonds is 5. The van der Waals surface area contributed by atoms with E-state index in [0.717, 1.165) is 37.0 Å². The van der Waals surface area contributed by atoms with Gasteiger partial charge >= 0.3 is 12.1 Å². The molecule has 0 saturated heterocycles. The molecule has 3 fully saturated rings. The number of fused-ring (bicyclic) bond motifs is 2. The number of amides is 1. The van der Waals surface area contributed by atoms with Crippen molar-refractivity contribution in [3.05, 3.63) is 0 Å². The standard InChI is InChI=1S/C20H33NO4/c1-19(2,3)25-18(24)21(9-5-7-17(22)23)20-8-4-6-15-10-14(12-20)11-16(15)13-20/h14-16H,4-13H2,1-3H3,(H,22,23). The summed E-state index contributed by atoms with van der Waals surface area (Å²) in [6.07, 6.45) is 8.66. The Hall–Kier alpha value is -1.26. The maximum atomic E-state index is 13.0. The van der Waals surface area contributed by atoms with E-state index < -0.39 is 11.6 Å². The number of carboxylic acid groups (broad SMARTS) is 1. The van der Waals surface area contributed by atoms with Crippen molar-refractivity contribution >= 4 is 12.1 Å². The minimum absolute atomic E-state index is 0.102. The highest BCUT2D eigenvalue weighted by atomic mass is 16.6. The Morgan fingerprint density at radius 1 is 1.20 bits per heavy atom. The van der Waals surface area contributed by atoms with Crippen molar-refractivity contribution in [2.24, 2.45) is 17.8 Å². The third kappa shape index (κ3) is 4.12. The van der Waals surface area contributed by atoms with Gasteiger partial charge < -0.3 is 14.7 Å². The second kappa shape index (κ2) is 6.81. The summed E-state index contributed by atoms with van der Waals surface area (Å²) in [7, 11) is 0. The van der Waals surface area contributed by atoms with E-state index in [0.29, 0.717) is 13.0 Å². The predicted molar refractivity (Wildman–Crippen MR) is 95.3 cm³/mol. The quantitative estimate of drug-likeness (QED) is 0.795. The van der Waals surface area contributed by atoms with Gasteiger partial charge in [0.1, 0.15) is 5.60 Å². The molecule has 0 aromatic rings.